The lowest BCUT2D eigenvalue weighted by Gasteiger charge is -2.17. The molecular weight excluding hydrogens is 604 g/mol. The third-order valence-electron chi connectivity index (χ3n) is 6.08. The molecule has 1 amide bonds. The van der Waals surface area contributed by atoms with Crippen LogP contribution in [0.5, 0.6) is 5.75 Å². The van der Waals surface area contributed by atoms with Crippen LogP contribution in [0.1, 0.15) is 58.2 Å². The molecule has 3 aromatic carbocycles. The van der Waals surface area contributed by atoms with E-state index in [0.717, 1.165) is 4.47 Å². The summed E-state index contributed by atoms with van der Waals surface area (Å²) in [5.41, 5.74) is 2.06. The molecule has 0 aliphatic heterocycles. The van der Waals surface area contributed by atoms with Gasteiger partial charge in [-0.25, -0.2) is 4.79 Å². The molecule has 0 saturated heterocycles. The minimum absolute atomic E-state index is 0.00971. The molecule has 3 rings (SSSR count). The van der Waals surface area contributed by atoms with Crippen LogP contribution < -0.4 is 10.1 Å². The number of esters is 1. The van der Waals surface area contributed by atoms with Crippen LogP contribution >= 0.6 is 27.5 Å². The SMILES string of the molecule is Cc1cc(C(=O)C(C)CC(=O)NC(C)c2ccc([N+](=O)[O-])cc2)cc(Cl)c1OCCOC(=O)c1ccc(Br)cc1. The second kappa shape index (κ2) is 14.0. The van der Waals surface area contributed by atoms with Crippen LogP contribution in [-0.2, 0) is 9.53 Å². The second-order valence-corrected chi connectivity index (χ2v) is 10.5. The summed E-state index contributed by atoms with van der Waals surface area (Å²) in [6.45, 7) is 5.24. The first-order valence-electron chi connectivity index (χ1n) is 12.4. The van der Waals surface area contributed by atoms with Crippen LogP contribution in [0.2, 0.25) is 5.02 Å². The molecule has 0 spiro atoms. The number of carbonyl (C=O) groups is 3. The molecule has 0 aliphatic carbocycles. The van der Waals surface area contributed by atoms with Crippen LogP contribution in [0.3, 0.4) is 0 Å². The van der Waals surface area contributed by atoms with Crippen molar-refractivity contribution in [1.29, 1.82) is 0 Å². The molecule has 40 heavy (non-hydrogen) atoms. The van der Waals surface area contributed by atoms with Crippen molar-refractivity contribution in [3.8, 4) is 5.75 Å². The lowest BCUT2D eigenvalue weighted by Crippen LogP contribution is -2.29. The summed E-state index contributed by atoms with van der Waals surface area (Å²) in [4.78, 5) is 48.1. The summed E-state index contributed by atoms with van der Waals surface area (Å²) in [6, 6.07) is 15.4. The number of non-ortho nitro benzene ring substituents is 1. The molecule has 210 valence electrons. The van der Waals surface area contributed by atoms with E-state index in [2.05, 4.69) is 21.2 Å². The van der Waals surface area contributed by atoms with Crippen molar-refractivity contribution in [1.82, 2.24) is 5.32 Å². The summed E-state index contributed by atoms with van der Waals surface area (Å²) in [5.74, 6) is -1.30. The average Bonchev–Trinajstić information content (AvgIpc) is 2.91. The van der Waals surface area contributed by atoms with Gasteiger partial charge in [0.25, 0.3) is 5.69 Å². The van der Waals surface area contributed by atoms with E-state index < -0.39 is 22.9 Å². The van der Waals surface area contributed by atoms with Crippen molar-refractivity contribution in [3.05, 3.63) is 103 Å². The normalized spacial score (nSPS) is 12.2. The minimum Gasteiger partial charge on any atom is -0.488 e. The number of hydrogen-bond donors (Lipinski definition) is 1. The summed E-state index contributed by atoms with van der Waals surface area (Å²) in [7, 11) is 0. The maximum atomic E-state index is 13.0. The average molecular weight is 632 g/mol. The summed E-state index contributed by atoms with van der Waals surface area (Å²) >= 11 is 9.71. The van der Waals surface area contributed by atoms with Gasteiger partial charge in [0.15, 0.2) is 5.78 Å². The Morgan fingerprint density at radius 2 is 1.65 bits per heavy atom. The van der Waals surface area contributed by atoms with E-state index in [-0.39, 0.29) is 42.0 Å². The number of hydrogen-bond acceptors (Lipinski definition) is 7. The fraction of sp³-hybridized carbons (Fsp3) is 0.276. The Morgan fingerprint density at radius 3 is 2.25 bits per heavy atom. The van der Waals surface area contributed by atoms with Gasteiger partial charge in [0, 0.05) is 34.5 Å². The summed E-state index contributed by atoms with van der Waals surface area (Å²) in [5, 5.41) is 13.9. The van der Waals surface area contributed by atoms with Gasteiger partial charge in [-0.15, -0.1) is 0 Å². The number of ketones is 1. The van der Waals surface area contributed by atoms with E-state index in [1.165, 1.54) is 18.2 Å². The molecule has 9 nitrogen and oxygen atoms in total. The Balaban J connectivity index is 1.52. The first-order valence-corrected chi connectivity index (χ1v) is 13.6. The van der Waals surface area contributed by atoms with E-state index in [1.807, 2.05) is 0 Å². The van der Waals surface area contributed by atoms with Crippen molar-refractivity contribution in [2.75, 3.05) is 13.2 Å². The highest BCUT2D eigenvalue weighted by Gasteiger charge is 2.22. The standard InChI is InChI=1S/C29H28BrClN2O7/c1-17(15-26(34)32-19(3)20-6-10-24(11-7-20)33(37)38)27(35)22-14-18(2)28(25(31)16-22)39-12-13-40-29(36)21-4-8-23(30)9-5-21/h4-11,14,16-17,19H,12-13,15H2,1-3H3,(H,32,34). The smallest absolute Gasteiger partial charge is 0.338 e. The van der Waals surface area contributed by atoms with Gasteiger partial charge in [-0.1, -0.05) is 46.6 Å². The van der Waals surface area contributed by atoms with Gasteiger partial charge in [0.1, 0.15) is 19.0 Å². The largest absolute Gasteiger partial charge is 0.488 e. The van der Waals surface area contributed by atoms with Gasteiger partial charge in [0.2, 0.25) is 5.91 Å². The fourth-order valence-corrected chi connectivity index (χ4v) is 4.51. The molecule has 0 aromatic heterocycles. The van der Waals surface area contributed by atoms with Gasteiger partial charge < -0.3 is 14.8 Å². The number of Topliss-reactive ketones (excluding diaryl/α,β-unsaturated/α-hetero) is 1. The first-order chi connectivity index (χ1) is 19.0. The number of halogens is 2. The number of nitro benzene ring substituents is 1. The Hall–Kier alpha value is -3.76. The van der Waals surface area contributed by atoms with Gasteiger partial charge >= 0.3 is 5.97 Å². The first kappa shape index (κ1) is 30.8. The van der Waals surface area contributed by atoms with Gasteiger partial charge in [-0.2, -0.15) is 0 Å². The number of aryl methyl sites for hydroxylation is 1. The monoisotopic (exact) mass is 630 g/mol. The predicted octanol–water partition coefficient (Wildman–Crippen LogP) is 6.64. The van der Waals surface area contributed by atoms with Gasteiger partial charge in [-0.3, -0.25) is 19.7 Å². The minimum atomic E-state index is -0.621. The highest BCUT2D eigenvalue weighted by molar-refractivity contribution is 9.10. The Kier molecular flexibility index (Phi) is 10.8. The topological polar surface area (TPSA) is 125 Å². The lowest BCUT2D eigenvalue weighted by molar-refractivity contribution is -0.384. The second-order valence-electron chi connectivity index (χ2n) is 9.20. The molecule has 0 heterocycles. The lowest BCUT2D eigenvalue weighted by atomic mass is 9.94. The van der Waals surface area contributed by atoms with Gasteiger partial charge in [-0.05, 0) is 61.4 Å². The molecule has 2 unspecified atom stereocenters. The molecule has 0 aliphatic rings. The van der Waals surface area contributed by atoms with Crippen LogP contribution in [0.15, 0.2) is 65.1 Å². The Labute approximate surface area is 245 Å². The van der Waals surface area contributed by atoms with Crippen molar-refractivity contribution in [2.24, 2.45) is 5.92 Å². The van der Waals surface area contributed by atoms with Crippen molar-refractivity contribution in [2.45, 2.75) is 33.2 Å². The molecule has 2 atom stereocenters. The van der Waals surface area contributed by atoms with Crippen molar-refractivity contribution >= 4 is 50.9 Å². The van der Waals surface area contributed by atoms with Crippen LogP contribution in [0, 0.1) is 23.0 Å². The third-order valence-corrected chi connectivity index (χ3v) is 6.89. The Bertz CT molecular complexity index is 1370. The number of nitrogens with zero attached hydrogens (tertiary/aromatic N) is 1. The number of rotatable bonds is 12. The predicted molar refractivity (Wildman–Crippen MR) is 154 cm³/mol. The molecule has 11 heteroatoms. The number of ether oxygens (including phenoxy) is 2. The molecule has 0 saturated carbocycles. The third kappa shape index (κ3) is 8.37. The molecule has 0 fully saturated rings. The van der Waals surface area contributed by atoms with Crippen LogP contribution in [0.4, 0.5) is 5.69 Å². The van der Waals surface area contributed by atoms with E-state index >= 15 is 0 Å². The number of nitro groups is 1. The zero-order valence-corrected chi connectivity index (χ0v) is 24.5. The fourth-order valence-electron chi connectivity index (χ4n) is 3.93. The quantitative estimate of drug-likeness (QED) is 0.0781. The summed E-state index contributed by atoms with van der Waals surface area (Å²) < 4.78 is 11.8. The highest BCUT2D eigenvalue weighted by Crippen LogP contribution is 2.31. The van der Waals surface area contributed by atoms with E-state index in [4.69, 9.17) is 21.1 Å². The van der Waals surface area contributed by atoms with E-state index in [0.29, 0.717) is 28.0 Å². The highest BCUT2D eigenvalue weighted by atomic mass is 79.9. The van der Waals surface area contributed by atoms with Crippen LogP contribution in [-0.4, -0.2) is 35.8 Å². The van der Waals surface area contributed by atoms with E-state index in [1.54, 1.807) is 63.2 Å². The zero-order valence-electron chi connectivity index (χ0n) is 22.1. The van der Waals surface area contributed by atoms with Crippen LogP contribution in [0.25, 0.3) is 0 Å². The maximum absolute atomic E-state index is 13.0. The molecular formula is C29H28BrClN2O7. The van der Waals surface area contributed by atoms with Crippen molar-refractivity contribution < 1.29 is 28.8 Å². The molecule has 0 bridgehead atoms. The number of nitrogens with one attached hydrogen (secondary N) is 1. The van der Waals surface area contributed by atoms with Crippen molar-refractivity contribution in [3.63, 3.8) is 0 Å². The molecule has 3 aromatic rings. The number of benzene rings is 3. The molecule has 1 N–H and O–H groups in total. The zero-order chi connectivity index (χ0) is 29.4. The number of amides is 1. The summed E-state index contributed by atoms with van der Waals surface area (Å²) in [6.07, 6.45) is -0.0468. The van der Waals surface area contributed by atoms with E-state index in [9.17, 15) is 24.5 Å². The van der Waals surface area contributed by atoms with Gasteiger partial charge in [0.05, 0.1) is 21.6 Å². The number of carbonyl (C=O) groups excluding carboxylic acids is 3. The Morgan fingerprint density at radius 1 is 1.00 bits per heavy atom. The maximum Gasteiger partial charge on any atom is 0.338 e. The molecule has 0 radical (unpaired) electrons.